The predicted octanol–water partition coefficient (Wildman–Crippen LogP) is 3.87. The molecule has 3 rings (SSSR count). The topological polar surface area (TPSA) is 46.1 Å². The van der Waals surface area contributed by atoms with Crippen LogP contribution in [0.3, 0.4) is 0 Å². The Morgan fingerprint density at radius 3 is 2.70 bits per heavy atom. The third kappa shape index (κ3) is 3.46. The maximum Gasteiger partial charge on any atom is 0.256 e. The van der Waals surface area contributed by atoms with Crippen molar-refractivity contribution in [1.82, 2.24) is 14.9 Å². The first-order valence-corrected chi connectivity index (χ1v) is 8.34. The fraction of sp³-hybridized carbons (Fsp3) is 0.167. The highest BCUT2D eigenvalue weighted by molar-refractivity contribution is 7.13. The fourth-order valence-electron chi connectivity index (χ4n) is 2.41. The van der Waals surface area contributed by atoms with E-state index in [1.54, 1.807) is 24.0 Å². The Hall–Kier alpha value is -2.53. The van der Waals surface area contributed by atoms with Gasteiger partial charge in [-0.25, -0.2) is 0 Å². The summed E-state index contributed by atoms with van der Waals surface area (Å²) < 4.78 is 0. The van der Waals surface area contributed by atoms with E-state index in [0.29, 0.717) is 24.3 Å². The molecular formula is C18H17N3OS. The lowest BCUT2D eigenvalue weighted by Crippen LogP contribution is -2.30. The zero-order valence-electron chi connectivity index (χ0n) is 12.8. The average molecular weight is 323 g/mol. The molecule has 0 bridgehead atoms. The smallest absolute Gasteiger partial charge is 0.256 e. The highest BCUT2D eigenvalue weighted by atomic mass is 32.1. The fourth-order valence-corrected chi connectivity index (χ4v) is 3.04. The Morgan fingerprint density at radius 1 is 1.17 bits per heavy atom. The zero-order valence-corrected chi connectivity index (χ0v) is 13.7. The predicted molar refractivity (Wildman–Crippen MR) is 92.2 cm³/mol. The van der Waals surface area contributed by atoms with Crippen LogP contribution >= 0.6 is 11.3 Å². The molecule has 5 heteroatoms. The number of aromatic nitrogens is 2. The van der Waals surface area contributed by atoms with Gasteiger partial charge in [0.05, 0.1) is 21.6 Å². The number of thiazole rings is 1. The van der Waals surface area contributed by atoms with Crippen LogP contribution in [0.5, 0.6) is 0 Å². The van der Waals surface area contributed by atoms with Crippen LogP contribution in [-0.4, -0.2) is 27.3 Å². The number of carbonyl (C=O) groups excluding carboxylic acids is 1. The molecule has 0 saturated heterocycles. The highest BCUT2D eigenvalue weighted by Gasteiger charge is 2.20. The monoisotopic (exact) mass is 323 g/mol. The lowest BCUT2D eigenvalue weighted by Gasteiger charge is -2.22. The first kappa shape index (κ1) is 15.4. The Kier molecular flexibility index (Phi) is 4.78. The van der Waals surface area contributed by atoms with Gasteiger partial charge in [-0.15, -0.1) is 11.3 Å². The van der Waals surface area contributed by atoms with Gasteiger partial charge in [0.1, 0.15) is 0 Å². The normalized spacial score (nSPS) is 10.5. The van der Waals surface area contributed by atoms with Crippen LogP contribution in [0.15, 0.2) is 60.4 Å². The lowest BCUT2D eigenvalue weighted by atomic mass is 10.1. The molecule has 3 aromatic rings. The van der Waals surface area contributed by atoms with E-state index in [0.717, 1.165) is 10.4 Å². The van der Waals surface area contributed by atoms with Crippen LogP contribution in [0, 0.1) is 0 Å². The van der Waals surface area contributed by atoms with Crippen molar-refractivity contribution in [2.75, 3.05) is 6.54 Å². The van der Waals surface area contributed by atoms with Gasteiger partial charge in [0, 0.05) is 25.5 Å². The molecule has 0 unspecified atom stereocenters. The molecule has 116 valence electrons. The quantitative estimate of drug-likeness (QED) is 0.716. The van der Waals surface area contributed by atoms with Gasteiger partial charge in [-0.2, -0.15) is 0 Å². The molecule has 2 aromatic heterocycles. The zero-order chi connectivity index (χ0) is 16.1. The first-order chi connectivity index (χ1) is 11.3. The summed E-state index contributed by atoms with van der Waals surface area (Å²) in [7, 11) is 0. The third-order valence-corrected chi connectivity index (χ3v) is 4.37. The Balaban J connectivity index is 1.90. The van der Waals surface area contributed by atoms with Crippen molar-refractivity contribution >= 4 is 17.2 Å². The number of rotatable bonds is 5. The minimum absolute atomic E-state index is 0.00662. The summed E-state index contributed by atoms with van der Waals surface area (Å²) >= 11 is 1.49. The van der Waals surface area contributed by atoms with Crippen molar-refractivity contribution in [3.63, 3.8) is 0 Å². The molecule has 4 nitrogen and oxygen atoms in total. The van der Waals surface area contributed by atoms with Gasteiger partial charge in [0.25, 0.3) is 5.91 Å². The molecule has 0 N–H and O–H groups in total. The van der Waals surface area contributed by atoms with Gasteiger partial charge < -0.3 is 4.90 Å². The first-order valence-electron chi connectivity index (χ1n) is 7.46. The summed E-state index contributed by atoms with van der Waals surface area (Å²) in [6, 6.07) is 13.6. The largest absolute Gasteiger partial charge is 0.335 e. The van der Waals surface area contributed by atoms with Crippen molar-refractivity contribution in [1.29, 1.82) is 0 Å². The minimum Gasteiger partial charge on any atom is -0.335 e. The van der Waals surface area contributed by atoms with Gasteiger partial charge >= 0.3 is 0 Å². The molecule has 0 fully saturated rings. The second kappa shape index (κ2) is 7.15. The number of carbonyl (C=O) groups is 1. The van der Waals surface area contributed by atoms with E-state index < -0.39 is 0 Å². The molecule has 0 radical (unpaired) electrons. The SMILES string of the molecule is CCN(Cc1ccccc1)C(=O)c1cccnc1-c1cncs1. The molecule has 23 heavy (non-hydrogen) atoms. The van der Waals surface area contributed by atoms with Crippen molar-refractivity contribution in [2.24, 2.45) is 0 Å². The van der Waals surface area contributed by atoms with Crippen LogP contribution in [0.25, 0.3) is 10.6 Å². The molecule has 2 heterocycles. The second-order valence-electron chi connectivity index (χ2n) is 5.07. The molecule has 0 spiro atoms. The van der Waals surface area contributed by atoms with E-state index in [1.165, 1.54) is 11.3 Å². The maximum absolute atomic E-state index is 13.0. The number of hydrogen-bond acceptors (Lipinski definition) is 4. The van der Waals surface area contributed by atoms with Gasteiger partial charge in [0.15, 0.2) is 0 Å². The Bertz CT molecular complexity index is 772. The van der Waals surface area contributed by atoms with Crippen molar-refractivity contribution in [2.45, 2.75) is 13.5 Å². The average Bonchev–Trinajstić information content (AvgIpc) is 3.14. The second-order valence-corrected chi connectivity index (χ2v) is 5.96. The van der Waals surface area contributed by atoms with Crippen LogP contribution in [-0.2, 0) is 6.54 Å². The molecule has 0 atom stereocenters. The van der Waals surface area contributed by atoms with E-state index in [2.05, 4.69) is 9.97 Å². The van der Waals surface area contributed by atoms with Crippen LogP contribution in [0.2, 0.25) is 0 Å². The summed E-state index contributed by atoms with van der Waals surface area (Å²) in [5.41, 5.74) is 4.19. The third-order valence-electron chi connectivity index (χ3n) is 3.59. The van der Waals surface area contributed by atoms with E-state index in [4.69, 9.17) is 0 Å². The van der Waals surface area contributed by atoms with Gasteiger partial charge in [0.2, 0.25) is 0 Å². The van der Waals surface area contributed by atoms with Crippen LogP contribution in [0.4, 0.5) is 0 Å². The van der Waals surface area contributed by atoms with Crippen molar-refractivity contribution in [3.05, 3.63) is 71.5 Å². The van der Waals surface area contributed by atoms with Crippen LogP contribution in [0.1, 0.15) is 22.8 Å². The summed E-state index contributed by atoms with van der Waals surface area (Å²) in [6.45, 7) is 3.22. The molecule has 0 aliphatic rings. The molecule has 0 saturated carbocycles. The van der Waals surface area contributed by atoms with Crippen LogP contribution < -0.4 is 0 Å². The standard InChI is InChI=1S/C18H17N3OS/c1-2-21(12-14-7-4-3-5-8-14)18(22)15-9-6-10-20-17(15)16-11-19-13-23-16/h3-11,13H,2,12H2,1H3. The minimum atomic E-state index is -0.00662. The maximum atomic E-state index is 13.0. The van der Waals surface area contributed by atoms with E-state index >= 15 is 0 Å². The summed E-state index contributed by atoms with van der Waals surface area (Å²) in [6.07, 6.45) is 3.45. The summed E-state index contributed by atoms with van der Waals surface area (Å²) in [4.78, 5) is 24.2. The number of pyridine rings is 1. The molecule has 1 aromatic carbocycles. The van der Waals surface area contributed by atoms with Gasteiger partial charge in [-0.1, -0.05) is 30.3 Å². The highest BCUT2D eigenvalue weighted by Crippen LogP contribution is 2.25. The molecule has 0 aliphatic carbocycles. The van der Waals surface area contributed by atoms with E-state index in [1.807, 2.05) is 48.2 Å². The van der Waals surface area contributed by atoms with Gasteiger partial charge in [-0.05, 0) is 24.6 Å². The van der Waals surface area contributed by atoms with E-state index in [-0.39, 0.29) is 5.91 Å². The Morgan fingerprint density at radius 2 is 2.00 bits per heavy atom. The number of amides is 1. The number of hydrogen-bond donors (Lipinski definition) is 0. The molecule has 1 amide bonds. The molecular weight excluding hydrogens is 306 g/mol. The molecule has 0 aliphatic heterocycles. The number of nitrogens with zero attached hydrogens (tertiary/aromatic N) is 3. The van der Waals surface area contributed by atoms with Gasteiger partial charge in [-0.3, -0.25) is 14.8 Å². The van der Waals surface area contributed by atoms with Crippen molar-refractivity contribution < 1.29 is 4.79 Å². The Labute approximate surface area is 139 Å². The number of benzene rings is 1. The van der Waals surface area contributed by atoms with E-state index in [9.17, 15) is 4.79 Å². The lowest BCUT2D eigenvalue weighted by molar-refractivity contribution is 0.0753. The van der Waals surface area contributed by atoms with Crippen molar-refractivity contribution in [3.8, 4) is 10.6 Å². The summed E-state index contributed by atoms with van der Waals surface area (Å²) in [5, 5.41) is 0. The summed E-state index contributed by atoms with van der Waals surface area (Å²) in [5.74, 6) is -0.00662.